The van der Waals surface area contributed by atoms with Gasteiger partial charge in [0.15, 0.2) is 0 Å². The van der Waals surface area contributed by atoms with Gasteiger partial charge in [-0.05, 0) is 44.0 Å². The highest BCUT2D eigenvalue weighted by atomic mass is 16.3. The Bertz CT molecular complexity index is 700. The number of hydrogen-bond acceptors (Lipinski definition) is 3. The van der Waals surface area contributed by atoms with E-state index in [0.29, 0.717) is 13.1 Å². The smallest absolute Gasteiger partial charge is 0.321 e. The third-order valence-electron chi connectivity index (χ3n) is 4.43. The lowest BCUT2D eigenvalue weighted by molar-refractivity contribution is -0.127. The summed E-state index contributed by atoms with van der Waals surface area (Å²) in [6.07, 6.45) is 3.19. The average Bonchev–Trinajstić information content (AvgIpc) is 3.17. The number of para-hydroxylation sites is 1. The number of hydrogen-bond donors (Lipinski definition) is 2. The second-order valence-corrected chi connectivity index (χ2v) is 6.33. The molecule has 1 saturated heterocycles. The van der Waals surface area contributed by atoms with Gasteiger partial charge in [0.2, 0.25) is 5.91 Å². The first-order valence-corrected chi connectivity index (χ1v) is 8.58. The van der Waals surface area contributed by atoms with Crippen LogP contribution in [-0.2, 0) is 4.79 Å². The van der Waals surface area contributed by atoms with Crippen molar-refractivity contribution in [1.82, 2.24) is 10.2 Å². The fourth-order valence-electron chi connectivity index (χ4n) is 3.04. The second kappa shape index (κ2) is 7.88. The van der Waals surface area contributed by atoms with Crippen molar-refractivity contribution in [2.75, 3.05) is 18.4 Å². The number of nitrogens with one attached hydrogen (secondary N) is 2. The molecule has 25 heavy (non-hydrogen) atoms. The van der Waals surface area contributed by atoms with Crippen molar-refractivity contribution in [3.63, 3.8) is 0 Å². The van der Waals surface area contributed by atoms with Crippen LogP contribution in [0.1, 0.15) is 31.6 Å². The van der Waals surface area contributed by atoms with Crippen LogP contribution in [-0.4, -0.2) is 29.9 Å². The molecule has 6 heteroatoms. The Morgan fingerprint density at radius 3 is 2.72 bits per heavy atom. The lowest BCUT2D eigenvalue weighted by Gasteiger charge is -2.32. The number of carbonyl (C=O) groups is 2. The van der Waals surface area contributed by atoms with Crippen molar-refractivity contribution in [2.24, 2.45) is 5.92 Å². The fraction of sp³-hybridized carbons (Fsp3) is 0.368. The molecular weight excluding hydrogens is 318 g/mol. The Balaban J connectivity index is 1.55. The monoisotopic (exact) mass is 341 g/mol. The van der Waals surface area contributed by atoms with E-state index in [-0.39, 0.29) is 23.9 Å². The summed E-state index contributed by atoms with van der Waals surface area (Å²) in [5.74, 6) is 0.483. The molecule has 1 aliphatic heterocycles. The third-order valence-corrected chi connectivity index (χ3v) is 4.43. The summed E-state index contributed by atoms with van der Waals surface area (Å²) in [4.78, 5) is 26.6. The highest BCUT2D eigenvalue weighted by Crippen LogP contribution is 2.20. The summed E-state index contributed by atoms with van der Waals surface area (Å²) in [7, 11) is 0. The summed E-state index contributed by atoms with van der Waals surface area (Å²) in [5.41, 5.74) is 0.755. The molecule has 2 heterocycles. The maximum atomic E-state index is 12.5. The van der Waals surface area contributed by atoms with Gasteiger partial charge < -0.3 is 20.0 Å². The van der Waals surface area contributed by atoms with Crippen LogP contribution in [0.2, 0.25) is 0 Å². The Morgan fingerprint density at radius 1 is 1.20 bits per heavy atom. The summed E-state index contributed by atoms with van der Waals surface area (Å²) in [6.45, 7) is 2.98. The van der Waals surface area contributed by atoms with E-state index in [1.54, 1.807) is 17.2 Å². The normalized spacial score (nSPS) is 18.4. The highest BCUT2D eigenvalue weighted by Gasteiger charge is 2.29. The minimum Gasteiger partial charge on any atom is -0.467 e. The number of rotatable bonds is 4. The van der Waals surface area contributed by atoms with Gasteiger partial charge in [-0.3, -0.25) is 4.79 Å². The van der Waals surface area contributed by atoms with Crippen molar-refractivity contribution in [2.45, 2.75) is 25.8 Å². The number of urea groups is 1. The zero-order chi connectivity index (χ0) is 17.6. The van der Waals surface area contributed by atoms with Crippen LogP contribution in [0.3, 0.4) is 0 Å². The van der Waals surface area contributed by atoms with Gasteiger partial charge in [0.1, 0.15) is 5.76 Å². The third kappa shape index (κ3) is 4.41. The Morgan fingerprint density at radius 2 is 2.00 bits per heavy atom. The first kappa shape index (κ1) is 17.1. The second-order valence-electron chi connectivity index (χ2n) is 6.33. The number of likely N-dealkylation sites (tertiary alicyclic amines) is 1. The molecule has 2 aromatic rings. The minimum absolute atomic E-state index is 0.0406. The van der Waals surface area contributed by atoms with Gasteiger partial charge in [0.25, 0.3) is 0 Å². The Hall–Kier alpha value is -2.76. The molecule has 2 atom stereocenters. The van der Waals surface area contributed by atoms with Crippen molar-refractivity contribution >= 4 is 17.6 Å². The van der Waals surface area contributed by atoms with Crippen LogP contribution < -0.4 is 10.6 Å². The first-order chi connectivity index (χ1) is 12.1. The van der Waals surface area contributed by atoms with E-state index in [0.717, 1.165) is 24.3 Å². The van der Waals surface area contributed by atoms with E-state index in [9.17, 15) is 9.59 Å². The lowest BCUT2D eigenvalue weighted by Crippen LogP contribution is -2.47. The van der Waals surface area contributed by atoms with Gasteiger partial charge in [-0.25, -0.2) is 4.79 Å². The Kier molecular flexibility index (Phi) is 5.38. The number of anilines is 1. The van der Waals surface area contributed by atoms with Gasteiger partial charge in [0, 0.05) is 18.8 Å². The van der Waals surface area contributed by atoms with Crippen LogP contribution in [0.4, 0.5) is 10.5 Å². The molecule has 2 N–H and O–H groups in total. The zero-order valence-corrected chi connectivity index (χ0v) is 14.3. The molecule has 3 rings (SSSR count). The highest BCUT2D eigenvalue weighted by molar-refractivity contribution is 5.90. The van der Waals surface area contributed by atoms with E-state index in [4.69, 9.17) is 4.42 Å². The van der Waals surface area contributed by atoms with Crippen LogP contribution in [0.5, 0.6) is 0 Å². The van der Waals surface area contributed by atoms with Gasteiger partial charge >= 0.3 is 6.03 Å². The number of amides is 3. The van der Waals surface area contributed by atoms with Crippen molar-refractivity contribution in [1.29, 1.82) is 0 Å². The number of piperidine rings is 1. The molecule has 0 unspecified atom stereocenters. The summed E-state index contributed by atoms with van der Waals surface area (Å²) in [6, 6.07) is 12.6. The average molecular weight is 341 g/mol. The molecule has 0 radical (unpaired) electrons. The topological polar surface area (TPSA) is 74.6 Å². The molecule has 1 fully saturated rings. The van der Waals surface area contributed by atoms with Gasteiger partial charge in [0.05, 0.1) is 18.2 Å². The van der Waals surface area contributed by atoms with E-state index >= 15 is 0 Å². The number of benzene rings is 1. The molecule has 1 aromatic carbocycles. The molecule has 6 nitrogen and oxygen atoms in total. The fourth-order valence-corrected chi connectivity index (χ4v) is 3.04. The minimum atomic E-state index is -0.201. The van der Waals surface area contributed by atoms with Gasteiger partial charge in [-0.15, -0.1) is 0 Å². The number of nitrogens with zero attached hydrogens (tertiary/aromatic N) is 1. The van der Waals surface area contributed by atoms with Gasteiger partial charge in [-0.2, -0.15) is 0 Å². The van der Waals surface area contributed by atoms with E-state index < -0.39 is 0 Å². The Labute approximate surface area is 147 Å². The van der Waals surface area contributed by atoms with Crippen LogP contribution in [0, 0.1) is 5.92 Å². The molecule has 0 saturated carbocycles. The first-order valence-electron chi connectivity index (χ1n) is 8.58. The summed E-state index contributed by atoms with van der Waals surface area (Å²) < 4.78 is 5.32. The zero-order valence-electron chi connectivity index (χ0n) is 14.3. The van der Waals surface area contributed by atoms with Crippen LogP contribution >= 0.6 is 0 Å². The molecule has 0 aliphatic carbocycles. The molecule has 132 valence electrons. The molecule has 0 bridgehead atoms. The van der Waals surface area contributed by atoms with E-state index in [1.165, 1.54) is 0 Å². The van der Waals surface area contributed by atoms with Gasteiger partial charge in [-0.1, -0.05) is 18.2 Å². The van der Waals surface area contributed by atoms with Crippen molar-refractivity contribution < 1.29 is 14.0 Å². The molecule has 1 aliphatic rings. The summed E-state index contributed by atoms with van der Waals surface area (Å²) in [5, 5.41) is 5.84. The number of carbonyl (C=O) groups excluding carboxylic acids is 2. The number of furan rings is 1. The quantitative estimate of drug-likeness (QED) is 0.895. The lowest BCUT2D eigenvalue weighted by atomic mass is 9.97. The molecule has 0 spiro atoms. The molecule has 1 aromatic heterocycles. The maximum absolute atomic E-state index is 12.5. The van der Waals surface area contributed by atoms with Crippen molar-refractivity contribution in [3.8, 4) is 0 Å². The molecule has 3 amide bonds. The predicted octanol–water partition coefficient (Wildman–Crippen LogP) is 3.40. The standard InChI is InChI=1S/C19H23N3O3/c1-14(17-10-6-12-25-17)20-18(23)15-7-5-11-22(13-15)19(24)21-16-8-3-2-4-9-16/h2-4,6,8-10,12,14-15H,5,7,11,13H2,1H3,(H,20,23)(H,21,24)/t14-,15+/m1/s1. The largest absolute Gasteiger partial charge is 0.467 e. The van der Waals surface area contributed by atoms with Crippen LogP contribution in [0.25, 0.3) is 0 Å². The van der Waals surface area contributed by atoms with Crippen LogP contribution in [0.15, 0.2) is 53.1 Å². The van der Waals surface area contributed by atoms with E-state index in [1.807, 2.05) is 43.3 Å². The van der Waals surface area contributed by atoms with E-state index in [2.05, 4.69) is 10.6 Å². The molecular formula is C19H23N3O3. The predicted molar refractivity (Wildman–Crippen MR) is 95.0 cm³/mol. The van der Waals surface area contributed by atoms with Crippen molar-refractivity contribution in [3.05, 3.63) is 54.5 Å². The summed E-state index contributed by atoms with van der Waals surface area (Å²) >= 11 is 0. The maximum Gasteiger partial charge on any atom is 0.321 e. The SMILES string of the molecule is C[C@@H](NC(=O)[C@H]1CCCN(C(=O)Nc2ccccc2)C1)c1ccco1.